The van der Waals surface area contributed by atoms with Gasteiger partial charge in [-0.3, -0.25) is 0 Å². The van der Waals surface area contributed by atoms with Gasteiger partial charge in [0.15, 0.2) is 0 Å². The number of ether oxygens (including phenoxy) is 1. The van der Waals surface area contributed by atoms with Crippen LogP contribution in [0.25, 0.3) is 6.08 Å². The van der Waals surface area contributed by atoms with Gasteiger partial charge in [-0.15, -0.1) is 6.58 Å². The first-order valence-electron chi connectivity index (χ1n) is 6.99. The van der Waals surface area contributed by atoms with E-state index in [2.05, 4.69) is 22.5 Å². The molecule has 0 spiro atoms. The second kappa shape index (κ2) is 9.40. The first-order chi connectivity index (χ1) is 10.0. The molecule has 0 amide bonds. The van der Waals surface area contributed by atoms with Gasteiger partial charge in [-0.2, -0.15) is 0 Å². The Balaban J connectivity index is 2.70. The molecule has 3 nitrogen and oxygen atoms in total. The lowest BCUT2D eigenvalue weighted by molar-refractivity contribution is -0.131. The highest BCUT2D eigenvalue weighted by molar-refractivity contribution is 9.10. The van der Waals surface area contributed by atoms with Gasteiger partial charge in [-0.25, -0.2) is 4.79 Å². The van der Waals surface area contributed by atoms with Crippen molar-refractivity contribution in [2.24, 2.45) is 0 Å². The van der Waals surface area contributed by atoms with E-state index in [1.165, 1.54) is 0 Å². The molecule has 0 atom stereocenters. The highest BCUT2D eigenvalue weighted by Crippen LogP contribution is 2.29. The monoisotopic (exact) mass is 352 g/mol. The zero-order chi connectivity index (χ0) is 15.7. The molecule has 21 heavy (non-hydrogen) atoms. The minimum Gasteiger partial charge on any atom is -0.493 e. The molecule has 0 bridgehead atoms. The quantitative estimate of drug-likeness (QED) is 0.387. The molecule has 1 aromatic rings. The summed E-state index contributed by atoms with van der Waals surface area (Å²) in [6.07, 6.45) is 8.84. The fraction of sp³-hybridized carbons (Fsp3) is 0.353. The molecule has 0 aliphatic carbocycles. The maximum atomic E-state index is 10.7. The summed E-state index contributed by atoms with van der Waals surface area (Å²) in [5.74, 6) is -0.220. The van der Waals surface area contributed by atoms with Crippen molar-refractivity contribution >= 4 is 28.0 Å². The highest BCUT2D eigenvalue weighted by Gasteiger charge is 2.07. The van der Waals surface area contributed by atoms with Crippen LogP contribution in [0, 0.1) is 6.92 Å². The van der Waals surface area contributed by atoms with Crippen LogP contribution in [0.15, 0.2) is 35.3 Å². The van der Waals surface area contributed by atoms with Crippen molar-refractivity contribution in [1.29, 1.82) is 0 Å². The molecule has 0 aliphatic heterocycles. The van der Waals surface area contributed by atoms with Gasteiger partial charge in [-0.1, -0.05) is 22.0 Å². The van der Waals surface area contributed by atoms with Crippen LogP contribution < -0.4 is 4.74 Å². The van der Waals surface area contributed by atoms with E-state index >= 15 is 0 Å². The number of carboxylic acid groups (broad SMARTS) is 1. The number of hydrogen-bond donors (Lipinski definition) is 1. The largest absolute Gasteiger partial charge is 0.493 e. The minimum atomic E-state index is -0.969. The SMILES string of the molecule is C=CCCCCCOc1c(C)cc(Br)cc1/C=C/C(=O)O. The number of carbonyl (C=O) groups is 1. The number of hydrogen-bond acceptors (Lipinski definition) is 2. The molecular weight excluding hydrogens is 332 g/mol. The van der Waals surface area contributed by atoms with Crippen molar-refractivity contribution in [1.82, 2.24) is 0 Å². The lowest BCUT2D eigenvalue weighted by atomic mass is 10.1. The van der Waals surface area contributed by atoms with Gasteiger partial charge in [0.1, 0.15) is 5.75 Å². The Bertz CT molecular complexity index is 521. The summed E-state index contributed by atoms with van der Waals surface area (Å²) in [6, 6.07) is 3.82. The number of halogens is 1. The Kier molecular flexibility index (Phi) is 7.83. The third-order valence-corrected chi connectivity index (χ3v) is 3.43. The van der Waals surface area contributed by atoms with Crippen LogP contribution in [-0.4, -0.2) is 17.7 Å². The van der Waals surface area contributed by atoms with Crippen molar-refractivity contribution in [3.05, 3.63) is 46.5 Å². The number of rotatable bonds is 9. The molecule has 0 saturated heterocycles. The normalized spacial score (nSPS) is 10.8. The first-order valence-corrected chi connectivity index (χ1v) is 7.78. The van der Waals surface area contributed by atoms with E-state index in [9.17, 15) is 4.79 Å². The van der Waals surface area contributed by atoms with E-state index in [1.54, 1.807) is 6.08 Å². The number of carboxylic acids is 1. The van der Waals surface area contributed by atoms with Gasteiger partial charge in [0.05, 0.1) is 6.61 Å². The second-order valence-corrected chi connectivity index (χ2v) is 5.71. The number of unbranched alkanes of at least 4 members (excludes halogenated alkanes) is 3. The molecule has 0 radical (unpaired) electrons. The van der Waals surface area contributed by atoms with Gasteiger partial charge in [0, 0.05) is 16.1 Å². The van der Waals surface area contributed by atoms with Gasteiger partial charge in [0.2, 0.25) is 0 Å². The van der Waals surface area contributed by atoms with Crippen LogP contribution in [0.5, 0.6) is 5.75 Å². The van der Waals surface area contributed by atoms with Crippen LogP contribution in [-0.2, 0) is 4.79 Å². The van der Waals surface area contributed by atoms with E-state index in [4.69, 9.17) is 9.84 Å². The van der Waals surface area contributed by atoms with Gasteiger partial charge in [0.25, 0.3) is 0 Å². The molecule has 0 saturated carbocycles. The van der Waals surface area contributed by atoms with Crippen LogP contribution in [0.3, 0.4) is 0 Å². The molecule has 0 aromatic heterocycles. The molecule has 1 rings (SSSR count). The zero-order valence-electron chi connectivity index (χ0n) is 12.3. The van der Waals surface area contributed by atoms with Crippen molar-refractivity contribution in [3.8, 4) is 5.75 Å². The number of benzene rings is 1. The average molecular weight is 353 g/mol. The van der Waals surface area contributed by atoms with E-state index in [0.717, 1.165) is 53.1 Å². The maximum absolute atomic E-state index is 10.7. The Morgan fingerprint density at radius 1 is 1.38 bits per heavy atom. The highest BCUT2D eigenvalue weighted by atomic mass is 79.9. The van der Waals surface area contributed by atoms with Gasteiger partial charge < -0.3 is 9.84 Å². The summed E-state index contributed by atoms with van der Waals surface area (Å²) >= 11 is 3.42. The molecule has 114 valence electrons. The predicted molar refractivity (Wildman–Crippen MR) is 89.7 cm³/mol. The standard InChI is InChI=1S/C17H21BrO3/c1-3-4-5-6-7-10-21-17-13(2)11-15(18)12-14(17)8-9-16(19)20/h3,8-9,11-12H,1,4-7,10H2,2H3,(H,19,20)/b9-8+. The fourth-order valence-corrected chi connectivity index (χ4v) is 2.57. The molecule has 0 heterocycles. The zero-order valence-corrected chi connectivity index (χ0v) is 13.9. The maximum Gasteiger partial charge on any atom is 0.328 e. The van der Waals surface area contributed by atoms with Crippen LogP contribution in [0.4, 0.5) is 0 Å². The summed E-state index contributed by atoms with van der Waals surface area (Å²) in [6.45, 7) is 6.29. The molecule has 0 aliphatic rings. The molecule has 1 N–H and O–H groups in total. The number of allylic oxidation sites excluding steroid dienone is 1. The van der Waals surface area contributed by atoms with E-state index in [0.29, 0.717) is 6.61 Å². The predicted octanol–water partition coefficient (Wildman–Crippen LogP) is 4.98. The summed E-state index contributed by atoms with van der Waals surface area (Å²) in [7, 11) is 0. The molecule has 4 heteroatoms. The van der Waals surface area contributed by atoms with Crippen molar-refractivity contribution < 1.29 is 14.6 Å². The fourth-order valence-electron chi connectivity index (χ4n) is 1.98. The van der Waals surface area contributed by atoms with E-state index in [-0.39, 0.29) is 0 Å². The molecule has 0 unspecified atom stereocenters. The van der Waals surface area contributed by atoms with Crippen molar-refractivity contribution in [2.75, 3.05) is 6.61 Å². The Hall–Kier alpha value is -1.55. The number of aryl methyl sites for hydroxylation is 1. The van der Waals surface area contributed by atoms with Crippen LogP contribution in [0.1, 0.15) is 36.8 Å². The molecular formula is C17H21BrO3. The lowest BCUT2D eigenvalue weighted by Crippen LogP contribution is -2.01. The molecule has 1 aromatic carbocycles. The first kappa shape index (κ1) is 17.5. The van der Waals surface area contributed by atoms with E-state index < -0.39 is 5.97 Å². The Labute approximate surface area is 134 Å². The third-order valence-electron chi connectivity index (χ3n) is 2.97. The third kappa shape index (κ3) is 6.63. The van der Waals surface area contributed by atoms with Gasteiger partial charge >= 0.3 is 5.97 Å². The van der Waals surface area contributed by atoms with E-state index in [1.807, 2.05) is 25.1 Å². The van der Waals surface area contributed by atoms with Gasteiger partial charge in [-0.05, 0) is 56.4 Å². The average Bonchev–Trinajstić information content (AvgIpc) is 2.42. The second-order valence-electron chi connectivity index (χ2n) is 4.80. The topological polar surface area (TPSA) is 46.5 Å². The smallest absolute Gasteiger partial charge is 0.328 e. The summed E-state index contributed by atoms with van der Waals surface area (Å²) in [4.78, 5) is 10.7. The summed E-state index contributed by atoms with van der Waals surface area (Å²) < 4.78 is 6.75. The number of aliphatic carboxylic acids is 1. The lowest BCUT2D eigenvalue weighted by Gasteiger charge is -2.13. The summed E-state index contributed by atoms with van der Waals surface area (Å²) in [5.41, 5.74) is 1.76. The summed E-state index contributed by atoms with van der Waals surface area (Å²) in [5, 5.41) is 8.75. The van der Waals surface area contributed by atoms with Crippen LogP contribution >= 0.6 is 15.9 Å². The van der Waals surface area contributed by atoms with Crippen molar-refractivity contribution in [2.45, 2.75) is 32.6 Å². The Morgan fingerprint density at radius 3 is 2.81 bits per heavy atom. The minimum absolute atomic E-state index is 0.632. The van der Waals surface area contributed by atoms with Crippen LogP contribution in [0.2, 0.25) is 0 Å². The Morgan fingerprint density at radius 2 is 2.14 bits per heavy atom. The molecule has 0 fully saturated rings. The van der Waals surface area contributed by atoms with Crippen molar-refractivity contribution in [3.63, 3.8) is 0 Å².